The smallest absolute Gasteiger partial charge is 0.306 e. The van der Waals surface area contributed by atoms with Crippen molar-refractivity contribution in [3.8, 4) is 16.9 Å². The number of hydrogen-bond donors (Lipinski definition) is 3. The molecule has 2 aromatic rings. The lowest BCUT2D eigenvalue weighted by Gasteiger charge is -2.12. The van der Waals surface area contributed by atoms with Gasteiger partial charge in [-0.15, -0.1) is 0 Å². The highest BCUT2D eigenvalue weighted by Gasteiger charge is 2.34. The first kappa shape index (κ1) is 21.4. The number of carbonyl (C=O) groups is 2. The predicted octanol–water partition coefficient (Wildman–Crippen LogP) is 2.86. The summed E-state index contributed by atoms with van der Waals surface area (Å²) in [5.41, 5.74) is 8.22. The fourth-order valence-electron chi connectivity index (χ4n) is 3.37. The molecule has 1 heterocycles. The van der Waals surface area contributed by atoms with Crippen LogP contribution in [0.15, 0.2) is 48.5 Å². The molecular formula is C23H27N3O4. The lowest BCUT2D eigenvalue weighted by Crippen LogP contribution is -2.31. The van der Waals surface area contributed by atoms with Gasteiger partial charge >= 0.3 is 5.97 Å². The van der Waals surface area contributed by atoms with E-state index in [0.717, 1.165) is 17.5 Å². The van der Waals surface area contributed by atoms with E-state index in [2.05, 4.69) is 5.32 Å². The highest BCUT2D eigenvalue weighted by atomic mass is 16.5. The molecule has 0 aromatic heterocycles. The molecule has 3 rings (SSSR count). The van der Waals surface area contributed by atoms with Crippen molar-refractivity contribution in [2.24, 2.45) is 11.7 Å². The van der Waals surface area contributed by atoms with Crippen LogP contribution in [-0.4, -0.2) is 37.0 Å². The zero-order chi connectivity index (χ0) is 21.5. The van der Waals surface area contributed by atoms with Gasteiger partial charge in [-0.2, -0.15) is 0 Å². The maximum absolute atomic E-state index is 12.1. The lowest BCUT2D eigenvalue weighted by atomic mass is 10.0. The quantitative estimate of drug-likeness (QED) is 0.335. The van der Waals surface area contributed by atoms with Crippen LogP contribution in [0.5, 0.6) is 5.75 Å². The van der Waals surface area contributed by atoms with Gasteiger partial charge in [0.25, 0.3) is 0 Å². The first-order valence-corrected chi connectivity index (χ1v) is 10.1. The Morgan fingerprint density at radius 3 is 2.37 bits per heavy atom. The molecule has 0 saturated carbocycles. The first-order chi connectivity index (χ1) is 14.5. The number of ether oxygens (including phenoxy) is 2. The summed E-state index contributed by atoms with van der Waals surface area (Å²) in [6, 6.07) is 15.0. The molecule has 1 aliphatic heterocycles. The number of amides is 1. The summed E-state index contributed by atoms with van der Waals surface area (Å²) in [6.45, 7) is 2.66. The van der Waals surface area contributed by atoms with Gasteiger partial charge in [0, 0.05) is 5.56 Å². The summed E-state index contributed by atoms with van der Waals surface area (Å²) in [5, 5.41) is 10.3. The average Bonchev–Trinajstić information content (AvgIpc) is 3.10. The SMILES string of the molecule is CCCOC(=O)C[C@@H]1C[C@@H](COc2ccc(-c3ccc(C(=N)N)cc3)cc2)NC1=O. The zero-order valence-electron chi connectivity index (χ0n) is 17.0. The summed E-state index contributed by atoms with van der Waals surface area (Å²) in [7, 11) is 0. The molecule has 158 valence electrons. The summed E-state index contributed by atoms with van der Waals surface area (Å²) in [4.78, 5) is 23.8. The average molecular weight is 409 g/mol. The Morgan fingerprint density at radius 2 is 1.77 bits per heavy atom. The van der Waals surface area contributed by atoms with Crippen LogP contribution in [-0.2, 0) is 14.3 Å². The second-order valence-electron chi connectivity index (χ2n) is 7.39. The van der Waals surface area contributed by atoms with Crippen LogP contribution >= 0.6 is 0 Å². The van der Waals surface area contributed by atoms with Crippen molar-refractivity contribution in [1.29, 1.82) is 5.41 Å². The minimum Gasteiger partial charge on any atom is -0.491 e. The van der Waals surface area contributed by atoms with Crippen molar-refractivity contribution in [2.45, 2.75) is 32.2 Å². The second kappa shape index (κ2) is 9.91. The fourth-order valence-corrected chi connectivity index (χ4v) is 3.37. The Bertz CT molecular complexity index is 894. The third-order valence-electron chi connectivity index (χ3n) is 5.00. The minimum absolute atomic E-state index is 0.0457. The van der Waals surface area contributed by atoms with Crippen molar-refractivity contribution >= 4 is 17.7 Å². The number of esters is 1. The molecule has 2 aromatic carbocycles. The number of benzene rings is 2. The van der Waals surface area contributed by atoms with Crippen LogP contribution < -0.4 is 15.8 Å². The molecule has 0 unspecified atom stereocenters. The Kier molecular flexibility index (Phi) is 7.06. The molecule has 0 radical (unpaired) electrons. The maximum atomic E-state index is 12.1. The molecule has 1 amide bonds. The van der Waals surface area contributed by atoms with Crippen molar-refractivity contribution in [3.63, 3.8) is 0 Å². The largest absolute Gasteiger partial charge is 0.491 e. The van der Waals surface area contributed by atoms with E-state index in [1.54, 1.807) is 0 Å². The number of carbonyl (C=O) groups excluding carboxylic acids is 2. The molecule has 0 spiro atoms. The van der Waals surface area contributed by atoms with Gasteiger partial charge in [0.2, 0.25) is 5.91 Å². The Labute approximate surface area is 176 Å². The number of hydrogen-bond acceptors (Lipinski definition) is 5. The number of nitrogen functional groups attached to an aromatic ring is 1. The van der Waals surface area contributed by atoms with Gasteiger partial charge in [0.05, 0.1) is 25.0 Å². The van der Waals surface area contributed by atoms with Crippen LogP contribution in [0.1, 0.15) is 31.7 Å². The fraction of sp³-hybridized carbons (Fsp3) is 0.348. The highest BCUT2D eigenvalue weighted by Crippen LogP contribution is 2.24. The lowest BCUT2D eigenvalue weighted by molar-refractivity contribution is -0.146. The van der Waals surface area contributed by atoms with E-state index in [4.69, 9.17) is 20.6 Å². The van der Waals surface area contributed by atoms with E-state index in [1.165, 1.54) is 0 Å². The van der Waals surface area contributed by atoms with Crippen LogP contribution in [0.2, 0.25) is 0 Å². The number of nitrogens with one attached hydrogen (secondary N) is 2. The maximum Gasteiger partial charge on any atom is 0.306 e. The summed E-state index contributed by atoms with van der Waals surface area (Å²) in [5.74, 6) is -0.0567. The number of nitrogens with two attached hydrogens (primary N) is 1. The molecule has 4 N–H and O–H groups in total. The monoisotopic (exact) mass is 409 g/mol. The molecule has 1 saturated heterocycles. The van der Waals surface area contributed by atoms with Gasteiger partial charge in [-0.1, -0.05) is 43.3 Å². The Morgan fingerprint density at radius 1 is 1.13 bits per heavy atom. The van der Waals surface area contributed by atoms with Crippen LogP contribution in [0.3, 0.4) is 0 Å². The van der Waals surface area contributed by atoms with Gasteiger partial charge in [-0.3, -0.25) is 15.0 Å². The standard InChI is InChI=1S/C23H27N3O4/c1-2-11-29-21(27)13-18-12-19(26-23(18)28)14-30-20-9-7-16(8-10-20)15-3-5-17(6-4-15)22(24)25/h3-10,18-19H,2,11-14H2,1H3,(H3,24,25)(H,26,28)/t18-,19-/m0/s1. The van der Waals surface area contributed by atoms with E-state index in [9.17, 15) is 9.59 Å². The van der Waals surface area contributed by atoms with Crippen LogP contribution in [0, 0.1) is 11.3 Å². The van der Waals surface area contributed by atoms with Crippen molar-refractivity contribution in [2.75, 3.05) is 13.2 Å². The summed E-state index contributed by atoms with van der Waals surface area (Å²) in [6.07, 6.45) is 1.43. The molecule has 7 heteroatoms. The van der Waals surface area contributed by atoms with Crippen molar-refractivity contribution < 1.29 is 19.1 Å². The van der Waals surface area contributed by atoms with Gasteiger partial charge < -0.3 is 20.5 Å². The molecule has 1 fully saturated rings. The molecule has 0 aliphatic carbocycles. The molecular weight excluding hydrogens is 382 g/mol. The van der Waals surface area contributed by atoms with E-state index >= 15 is 0 Å². The Balaban J connectivity index is 1.50. The van der Waals surface area contributed by atoms with E-state index in [-0.39, 0.29) is 36.1 Å². The van der Waals surface area contributed by atoms with Crippen LogP contribution in [0.4, 0.5) is 0 Å². The summed E-state index contributed by atoms with van der Waals surface area (Å²) >= 11 is 0. The van der Waals surface area contributed by atoms with Crippen molar-refractivity contribution in [3.05, 3.63) is 54.1 Å². The Hall–Kier alpha value is -3.35. The van der Waals surface area contributed by atoms with Gasteiger partial charge in [0.15, 0.2) is 0 Å². The van der Waals surface area contributed by atoms with E-state index in [1.807, 2.05) is 55.5 Å². The molecule has 30 heavy (non-hydrogen) atoms. The van der Waals surface area contributed by atoms with Gasteiger partial charge in [-0.05, 0) is 36.1 Å². The van der Waals surface area contributed by atoms with Crippen molar-refractivity contribution in [1.82, 2.24) is 5.32 Å². The topological polar surface area (TPSA) is 114 Å². The predicted molar refractivity (Wildman–Crippen MR) is 114 cm³/mol. The highest BCUT2D eigenvalue weighted by molar-refractivity contribution is 5.95. The number of rotatable bonds is 9. The number of amidine groups is 1. The second-order valence-corrected chi connectivity index (χ2v) is 7.39. The molecule has 1 aliphatic rings. The first-order valence-electron chi connectivity index (χ1n) is 10.1. The molecule has 0 bridgehead atoms. The third kappa shape index (κ3) is 5.59. The van der Waals surface area contributed by atoms with E-state index < -0.39 is 0 Å². The zero-order valence-corrected chi connectivity index (χ0v) is 17.0. The minimum atomic E-state index is -0.358. The van der Waals surface area contributed by atoms with Gasteiger partial charge in [0.1, 0.15) is 18.2 Å². The normalized spacial score (nSPS) is 18.0. The molecule has 2 atom stereocenters. The van der Waals surface area contributed by atoms with Crippen LogP contribution in [0.25, 0.3) is 11.1 Å². The van der Waals surface area contributed by atoms with Gasteiger partial charge in [-0.25, -0.2) is 0 Å². The third-order valence-corrected chi connectivity index (χ3v) is 5.00. The summed E-state index contributed by atoms with van der Waals surface area (Å²) < 4.78 is 10.9. The van der Waals surface area contributed by atoms with E-state index in [0.29, 0.717) is 30.9 Å². The molecule has 7 nitrogen and oxygen atoms in total.